The van der Waals surface area contributed by atoms with Crippen molar-refractivity contribution in [1.29, 1.82) is 0 Å². The Morgan fingerprint density at radius 3 is 2.53 bits per heavy atom. The van der Waals surface area contributed by atoms with Gasteiger partial charge in [-0.2, -0.15) is 0 Å². The van der Waals surface area contributed by atoms with Gasteiger partial charge in [-0.1, -0.05) is 23.7 Å². The highest BCUT2D eigenvalue weighted by Crippen LogP contribution is 2.34. The molecule has 0 saturated carbocycles. The second-order valence-corrected chi connectivity index (χ2v) is 5.43. The first kappa shape index (κ1) is 14.3. The molecule has 0 fully saturated rings. The number of halogens is 4. The van der Waals surface area contributed by atoms with Gasteiger partial charge in [0.2, 0.25) is 0 Å². The van der Waals surface area contributed by atoms with Crippen LogP contribution in [0.4, 0.5) is 14.5 Å². The quantitative estimate of drug-likeness (QED) is 0.768. The van der Waals surface area contributed by atoms with Crippen LogP contribution < -0.4 is 5.32 Å². The molecule has 0 radical (unpaired) electrons. The molecule has 5 heteroatoms. The van der Waals surface area contributed by atoms with Crippen LogP contribution in [0.2, 0.25) is 5.02 Å². The van der Waals surface area contributed by atoms with E-state index < -0.39 is 5.82 Å². The van der Waals surface area contributed by atoms with Crippen LogP contribution in [0.1, 0.15) is 18.5 Å². The number of hydrogen-bond acceptors (Lipinski definition) is 1. The van der Waals surface area contributed by atoms with E-state index in [9.17, 15) is 8.78 Å². The molecular formula is C14H11BrClF2N. The van der Waals surface area contributed by atoms with Gasteiger partial charge in [0.25, 0.3) is 0 Å². The highest BCUT2D eigenvalue weighted by atomic mass is 79.9. The lowest BCUT2D eigenvalue weighted by Gasteiger charge is -2.18. The molecule has 2 aromatic rings. The largest absolute Gasteiger partial charge is 0.376 e. The van der Waals surface area contributed by atoms with E-state index in [2.05, 4.69) is 21.2 Å². The van der Waals surface area contributed by atoms with Gasteiger partial charge in [0.15, 0.2) is 0 Å². The zero-order valence-corrected chi connectivity index (χ0v) is 12.4. The van der Waals surface area contributed by atoms with Gasteiger partial charge < -0.3 is 5.32 Å². The first-order valence-electron chi connectivity index (χ1n) is 5.64. The van der Waals surface area contributed by atoms with Crippen molar-refractivity contribution >= 4 is 33.2 Å². The maximum Gasteiger partial charge on any atom is 0.125 e. The Morgan fingerprint density at radius 2 is 1.89 bits per heavy atom. The number of anilines is 1. The molecule has 0 aliphatic rings. The molecule has 2 aromatic carbocycles. The van der Waals surface area contributed by atoms with E-state index in [1.54, 1.807) is 6.07 Å². The third-order valence-corrected chi connectivity index (χ3v) is 3.64. The summed E-state index contributed by atoms with van der Waals surface area (Å²) < 4.78 is 26.8. The van der Waals surface area contributed by atoms with Gasteiger partial charge >= 0.3 is 0 Å². The fourth-order valence-corrected chi connectivity index (χ4v) is 2.68. The van der Waals surface area contributed by atoms with E-state index in [-0.39, 0.29) is 16.9 Å². The fraction of sp³-hybridized carbons (Fsp3) is 0.143. The van der Waals surface area contributed by atoms with E-state index in [0.717, 1.165) is 5.56 Å². The van der Waals surface area contributed by atoms with Gasteiger partial charge in [-0.05, 0) is 52.7 Å². The van der Waals surface area contributed by atoms with Crippen molar-refractivity contribution in [2.75, 3.05) is 5.32 Å². The Hall–Kier alpha value is -1.13. The Bertz CT molecular complexity index is 581. The van der Waals surface area contributed by atoms with E-state index in [1.165, 1.54) is 24.3 Å². The van der Waals surface area contributed by atoms with Crippen molar-refractivity contribution in [3.8, 4) is 0 Å². The normalized spacial score (nSPS) is 12.3. The SMILES string of the molecule is CC(Nc1c(Cl)cc(F)cc1Br)c1cccc(F)c1. The van der Waals surface area contributed by atoms with Crippen LogP contribution >= 0.6 is 27.5 Å². The average Bonchev–Trinajstić information content (AvgIpc) is 2.33. The van der Waals surface area contributed by atoms with Crippen LogP contribution in [0.15, 0.2) is 40.9 Å². The molecule has 2 rings (SSSR count). The van der Waals surface area contributed by atoms with Crippen molar-refractivity contribution in [2.24, 2.45) is 0 Å². The summed E-state index contributed by atoms with van der Waals surface area (Å²) in [6.45, 7) is 1.88. The molecule has 19 heavy (non-hydrogen) atoms. The van der Waals surface area contributed by atoms with Crippen molar-refractivity contribution in [3.05, 3.63) is 63.1 Å². The molecule has 1 unspecified atom stereocenters. The monoisotopic (exact) mass is 345 g/mol. The molecule has 1 nitrogen and oxygen atoms in total. The summed E-state index contributed by atoms with van der Waals surface area (Å²) in [5.74, 6) is -0.712. The number of nitrogens with one attached hydrogen (secondary N) is 1. The van der Waals surface area contributed by atoms with E-state index in [4.69, 9.17) is 11.6 Å². The Morgan fingerprint density at radius 1 is 1.16 bits per heavy atom. The summed E-state index contributed by atoms with van der Waals surface area (Å²) in [5, 5.41) is 3.41. The molecule has 1 N–H and O–H groups in total. The van der Waals surface area contributed by atoms with Crippen LogP contribution in [0.25, 0.3) is 0 Å². The van der Waals surface area contributed by atoms with Crippen LogP contribution in [-0.2, 0) is 0 Å². The smallest absolute Gasteiger partial charge is 0.125 e. The predicted molar refractivity (Wildman–Crippen MR) is 77.5 cm³/mol. The molecule has 100 valence electrons. The lowest BCUT2D eigenvalue weighted by atomic mass is 10.1. The zero-order chi connectivity index (χ0) is 14.0. The Kier molecular flexibility index (Phi) is 4.42. The third-order valence-electron chi connectivity index (χ3n) is 2.72. The summed E-state index contributed by atoms with van der Waals surface area (Å²) in [6.07, 6.45) is 0. The van der Waals surface area contributed by atoms with Crippen molar-refractivity contribution < 1.29 is 8.78 Å². The summed E-state index contributed by atoms with van der Waals surface area (Å²) in [5.41, 5.74) is 1.37. The van der Waals surface area contributed by atoms with Crippen molar-refractivity contribution in [1.82, 2.24) is 0 Å². The molecule has 0 aliphatic heterocycles. The second-order valence-electron chi connectivity index (χ2n) is 4.17. The van der Waals surface area contributed by atoms with Crippen LogP contribution in [0.3, 0.4) is 0 Å². The van der Waals surface area contributed by atoms with Crippen molar-refractivity contribution in [2.45, 2.75) is 13.0 Å². The average molecular weight is 347 g/mol. The van der Waals surface area contributed by atoms with Crippen LogP contribution in [0, 0.1) is 11.6 Å². The topological polar surface area (TPSA) is 12.0 Å². The Balaban J connectivity index is 2.26. The van der Waals surface area contributed by atoms with E-state index >= 15 is 0 Å². The maximum atomic E-state index is 13.2. The fourth-order valence-electron chi connectivity index (χ4n) is 1.76. The molecule has 0 saturated heterocycles. The van der Waals surface area contributed by atoms with Gasteiger partial charge in [-0.15, -0.1) is 0 Å². The first-order valence-corrected chi connectivity index (χ1v) is 6.81. The highest BCUT2D eigenvalue weighted by molar-refractivity contribution is 9.10. The third kappa shape index (κ3) is 3.45. The second kappa shape index (κ2) is 5.88. The molecule has 0 spiro atoms. The minimum Gasteiger partial charge on any atom is -0.376 e. The van der Waals surface area contributed by atoms with Crippen molar-refractivity contribution in [3.63, 3.8) is 0 Å². The minimum absolute atomic E-state index is 0.157. The van der Waals surface area contributed by atoms with Crippen LogP contribution in [-0.4, -0.2) is 0 Å². The number of hydrogen-bond donors (Lipinski definition) is 1. The molecule has 0 amide bonds. The molecule has 0 aromatic heterocycles. The molecule has 0 aliphatic carbocycles. The van der Waals surface area contributed by atoms with Gasteiger partial charge in [0.05, 0.1) is 10.7 Å². The maximum absolute atomic E-state index is 13.2. The number of rotatable bonds is 3. The summed E-state index contributed by atoms with van der Waals surface area (Å²) >= 11 is 9.24. The predicted octanol–water partition coefficient (Wildman–Crippen LogP) is 5.55. The molecule has 0 heterocycles. The van der Waals surface area contributed by atoms with Crippen LogP contribution in [0.5, 0.6) is 0 Å². The summed E-state index contributed by atoms with van der Waals surface area (Å²) in [7, 11) is 0. The van der Waals surface area contributed by atoms with Gasteiger partial charge in [0.1, 0.15) is 11.6 Å². The summed E-state index contributed by atoms with van der Waals surface area (Å²) in [4.78, 5) is 0. The van der Waals surface area contributed by atoms with Gasteiger partial charge in [0, 0.05) is 10.5 Å². The van der Waals surface area contributed by atoms with Gasteiger partial charge in [-0.25, -0.2) is 8.78 Å². The molecule has 1 atom stereocenters. The molecule has 0 bridgehead atoms. The first-order chi connectivity index (χ1) is 8.97. The lowest BCUT2D eigenvalue weighted by Crippen LogP contribution is -2.08. The van der Waals surface area contributed by atoms with E-state index in [0.29, 0.717) is 10.2 Å². The van der Waals surface area contributed by atoms with Gasteiger partial charge in [-0.3, -0.25) is 0 Å². The number of benzene rings is 2. The minimum atomic E-state index is -0.416. The standard InChI is InChI=1S/C14H11BrClF2N/c1-8(9-3-2-4-10(17)5-9)19-14-12(15)6-11(18)7-13(14)16/h2-8,19H,1H3. The molecular weight excluding hydrogens is 336 g/mol. The highest BCUT2D eigenvalue weighted by Gasteiger charge is 2.12. The summed E-state index contributed by atoms with van der Waals surface area (Å²) in [6, 6.07) is 8.69. The Labute approximate surface area is 123 Å². The van der Waals surface area contributed by atoms with E-state index in [1.807, 2.05) is 13.0 Å². The lowest BCUT2D eigenvalue weighted by molar-refractivity contribution is 0.623. The zero-order valence-electron chi connectivity index (χ0n) is 10.1.